The summed E-state index contributed by atoms with van der Waals surface area (Å²) in [6, 6.07) is 17.5. The Morgan fingerprint density at radius 2 is 1.08 bits per heavy atom. The van der Waals surface area contributed by atoms with Crippen molar-refractivity contribution in [1.82, 2.24) is 0 Å². The second kappa shape index (κ2) is 8.87. The van der Waals surface area contributed by atoms with Gasteiger partial charge in [-0.25, -0.2) is 16.8 Å². The SMILES string of the molecule is COS(=O)(=O)[O-].O=S(=O)([O-])OC(c1ccccc1)c1ccccc1. The van der Waals surface area contributed by atoms with Gasteiger partial charge in [-0.3, -0.25) is 8.37 Å². The lowest BCUT2D eigenvalue weighted by atomic mass is 10.0. The van der Waals surface area contributed by atoms with Crippen LogP contribution in [0.25, 0.3) is 0 Å². The Morgan fingerprint density at radius 1 is 0.750 bits per heavy atom. The van der Waals surface area contributed by atoms with Gasteiger partial charge in [0.25, 0.3) is 0 Å². The van der Waals surface area contributed by atoms with Crippen molar-refractivity contribution in [3.8, 4) is 0 Å². The molecule has 0 amide bonds. The molecule has 10 heteroatoms. The van der Waals surface area contributed by atoms with E-state index in [1.165, 1.54) is 0 Å². The van der Waals surface area contributed by atoms with E-state index >= 15 is 0 Å². The minimum Gasteiger partial charge on any atom is -0.726 e. The fourth-order valence-corrected chi connectivity index (χ4v) is 2.13. The van der Waals surface area contributed by atoms with Crippen molar-refractivity contribution < 1.29 is 34.3 Å². The molecule has 0 atom stereocenters. The van der Waals surface area contributed by atoms with Crippen LogP contribution in [0.5, 0.6) is 0 Å². The predicted molar refractivity (Wildman–Crippen MR) is 82.2 cm³/mol. The largest absolute Gasteiger partial charge is 0.726 e. The molecular weight excluding hydrogens is 360 g/mol. The molecule has 0 aliphatic carbocycles. The van der Waals surface area contributed by atoms with E-state index in [9.17, 15) is 25.9 Å². The van der Waals surface area contributed by atoms with E-state index in [2.05, 4.69) is 8.37 Å². The molecule has 8 nitrogen and oxygen atoms in total. The Hall–Kier alpha value is -1.82. The highest BCUT2D eigenvalue weighted by molar-refractivity contribution is 7.81. The number of rotatable bonds is 5. The summed E-state index contributed by atoms with van der Waals surface area (Å²) in [6.45, 7) is 0. The Kier molecular flexibility index (Phi) is 7.48. The van der Waals surface area contributed by atoms with Crippen molar-refractivity contribution in [1.29, 1.82) is 0 Å². The molecule has 0 N–H and O–H groups in total. The summed E-state index contributed by atoms with van der Waals surface area (Å²) in [5.74, 6) is 0. The van der Waals surface area contributed by atoms with Gasteiger partial charge in [0.15, 0.2) is 0 Å². The van der Waals surface area contributed by atoms with Crippen LogP contribution in [0.3, 0.4) is 0 Å². The quantitative estimate of drug-likeness (QED) is 0.565. The Balaban J connectivity index is 0.000000413. The van der Waals surface area contributed by atoms with E-state index < -0.39 is 26.9 Å². The van der Waals surface area contributed by atoms with Crippen molar-refractivity contribution in [2.24, 2.45) is 0 Å². The van der Waals surface area contributed by atoms with E-state index in [1.807, 2.05) is 0 Å². The molecule has 0 bridgehead atoms. The number of benzene rings is 2. The molecule has 0 aromatic heterocycles. The Labute approximate surface area is 140 Å². The maximum Gasteiger partial charge on any atom is 0.218 e. The fourth-order valence-electron chi connectivity index (χ4n) is 1.68. The van der Waals surface area contributed by atoms with Gasteiger partial charge < -0.3 is 9.11 Å². The molecule has 2 rings (SSSR count). The minimum absolute atomic E-state index is 0.614. The number of hydrogen-bond acceptors (Lipinski definition) is 8. The standard InChI is InChI=1S/C13H12O4S.CH4O4S/c14-18(15,16)17-13(11-7-3-1-4-8-11)12-9-5-2-6-10-12;1-5-6(2,3)4/h1-10,13H,(H,14,15,16);1H3,(H,2,3,4)/p-2. The first-order chi connectivity index (χ1) is 11.1. The molecule has 2 aromatic carbocycles. The highest BCUT2D eigenvalue weighted by Gasteiger charge is 2.17. The average Bonchev–Trinajstić information content (AvgIpc) is 2.53. The van der Waals surface area contributed by atoms with Gasteiger partial charge in [0, 0.05) is 0 Å². The third-order valence-electron chi connectivity index (χ3n) is 2.62. The van der Waals surface area contributed by atoms with Crippen LogP contribution in [0.15, 0.2) is 60.7 Å². The minimum atomic E-state index is -4.77. The molecule has 2 aromatic rings. The van der Waals surface area contributed by atoms with Crippen molar-refractivity contribution in [3.05, 3.63) is 71.8 Å². The van der Waals surface area contributed by atoms with Crippen LogP contribution in [0.2, 0.25) is 0 Å². The molecule has 24 heavy (non-hydrogen) atoms. The molecule has 0 radical (unpaired) electrons. The molecule has 0 unspecified atom stereocenters. The van der Waals surface area contributed by atoms with Gasteiger partial charge in [-0.15, -0.1) is 0 Å². The molecule has 0 saturated heterocycles. The van der Waals surface area contributed by atoms with Gasteiger partial charge in [-0.2, -0.15) is 0 Å². The van der Waals surface area contributed by atoms with Crippen LogP contribution in [0, 0.1) is 0 Å². The Morgan fingerprint density at radius 3 is 1.33 bits per heavy atom. The summed E-state index contributed by atoms with van der Waals surface area (Å²) in [7, 11) is -8.37. The average molecular weight is 374 g/mol. The summed E-state index contributed by atoms with van der Waals surface area (Å²) in [5, 5.41) is 0. The van der Waals surface area contributed by atoms with Crippen LogP contribution in [0.4, 0.5) is 0 Å². The van der Waals surface area contributed by atoms with Crippen molar-refractivity contribution in [2.45, 2.75) is 6.10 Å². The van der Waals surface area contributed by atoms with Gasteiger partial charge in [0.2, 0.25) is 20.8 Å². The van der Waals surface area contributed by atoms with Gasteiger partial charge >= 0.3 is 0 Å². The second-order valence-electron chi connectivity index (χ2n) is 4.28. The van der Waals surface area contributed by atoms with Gasteiger partial charge in [-0.05, 0) is 11.1 Å². The summed E-state index contributed by atoms with van der Waals surface area (Å²) in [6.07, 6.45) is -0.908. The smallest absolute Gasteiger partial charge is 0.218 e. The van der Waals surface area contributed by atoms with Crippen LogP contribution in [0.1, 0.15) is 17.2 Å². The van der Waals surface area contributed by atoms with E-state index in [0.717, 1.165) is 7.11 Å². The molecule has 0 heterocycles. The lowest BCUT2D eigenvalue weighted by Crippen LogP contribution is -2.12. The second-order valence-corrected chi connectivity index (χ2v) is 6.44. The lowest BCUT2D eigenvalue weighted by molar-refractivity contribution is 0.212. The van der Waals surface area contributed by atoms with Crippen LogP contribution < -0.4 is 0 Å². The lowest BCUT2D eigenvalue weighted by Gasteiger charge is -2.20. The van der Waals surface area contributed by atoms with Crippen LogP contribution in [-0.2, 0) is 29.2 Å². The molecular formula is C14H14O8S2-2. The zero-order valence-electron chi connectivity index (χ0n) is 12.4. The van der Waals surface area contributed by atoms with E-state index in [1.54, 1.807) is 60.7 Å². The summed E-state index contributed by atoms with van der Waals surface area (Å²) < 4.78 is 68.1. The third-order valence-corrected chi connectivity index (χ3v) is 3.46. The highest BCUT2D eigenvalue weighted by atomic mass is 32.3. The zero-order valence-corrected chi connectivity index (χ0v) is 14.1. The van der Waals surface area contributed by atoms with E-state index in [-0.39, 0.29) is 0 Å². The van der Waals surface area contributed by atoms with E-state index in [0.29, 0.717) is 11.1 Å². The fraction of sp³-hybridized carbons (Fsp3) is 0.143. The first kappa shape index (κ1) is 20.2. The van der Waals surface area contributed by atoms with E-state index in [4.69, 9.17) is 0 Å². The zero-order chi connectivity index (χ0) is 18.2. The molecule has 0 spiro atoms. The maximum absolute atomic E-state index is 10.8. The van der Waals surface area contributed by atoms with Crippen molar-refractivity contribution in [2.75, 3.05) is 7.11 Å². The normalized spacial score (nSPS) is 11.7. The monoisotopic (exact) mass is 374 g/mol. The summed E-state index contributed by atoms with van der Waals surface area (Å²) >= 11 is 0. The van der Waals surface area contributed by atoms with Gasteiger partial charge in [0.1, 0.15) is 6.10 Å². The summed E-state index contributed by atoms with van der Waals surface area (Å²) in [5.41, 5.74) is 1.23. The molecule has 0 fully saturated rings. The molecule has 0 saturated carbocycles. The van der Waals surface area contributed by atoms with Crippen molar-refractivity contribution in [3.63, 3.8) is 0 Å². The first-order valence-electron chi connectivity index (χ1n) is 6.38. The highest BCUT2D eigenvalue weighted by Crippen LogP contribution is 2.26. The predicted octanol–water partition coefficient (Wildman–Crippen LogP) is 1.35. The first-order valence-corrected chi connectivity index (χ1v) is 9.04. The Bertz CT molecular complexity index is 778. The van der Waals surface area contributed by atoms with Crippen LogP contribution >= 0.6 is 0 Å². The summed E-state index contributed by atoms with van der Waals surface area (Å²) in [4.78, 5) is 0. The molecule has 132 valence electrons. The molecule has 0 aliphatic rings. The van der Waals surface area contributed by atoms with Gasteiger partial charge in [-0.1, -0.05) is 60.7 Å². The van der Waals surface area contributed by atoms with Crippen molar-refractivity contribution >= 4 is 20.8 Å². The van der Waals surface area contributed by atoms with Gasteiger partial charge in [0.05, 0.1) is 7.11 Å². The maximum atomic E-state index is 10.8. The number of hydrogen-bond donors (Lipinski definition) is 0. The van der Waals surface area contributed by atoms with Crippen LogP contribution in [-0.4, -0.2) is 33.1 Å². The molecule has 0 aliphatic heterocycles. The third kappa shape index (κ3) is 8.15. The topological polar surface area (TPSA) is 133 Å².